The van der Waals surface area contributed by atoms with Gasteiger partial charge in [0.25, 0.3) is 23.6 Å². The molecule has 0 heterocycles. The maximum absolute atomic E-state index is 14.3. The molecule has 27 nitrogen and oxygen atoms in total. The highest BCUT2D eigenvalue weighted by Crippen LogP contribution is 2.28. The van der Waals surface area contributed by atoms with Crippen molar-refractivity contribution >= 4 is 76.0 Å². The van der Waals surface area contributed by atoms with Crippen molar-refractivity contribution in [1.29, 1.82) is 0 Å². The Labute approximate surface area is 488 Å². The molecule has 4 rings (SSSR count). The summed E-state index contributed by atoms with van der Waals surface area (Å²) in [6.45, 7) is 1.36. The number of aliphatic imine (C=N–C) groups is 1. The summed E-state index contributed by atoms with van der Waals surface area (Å²) in [5.74, 6) is -4.79. The van der Waals surface area contributed by atoms with E-state index in [2.05, 4.69) is 42.2 Å². The van der Waals surface area contributed by atoms with Crippen molar-refractivity contribution in [3.8, 4) is 23.0 Å². The summed E-state index contributed by atoms with van der Waals surface area (Å²) in [4.78, 5) is 113. The Balaban J connectivity index is 1.53. The van der Waals surface area contributed by atoms with Crippen LogP contribution in [0.25, 0.3) is 0 Å². The fraction of sp³-hybridized carbons (Fsp3) is 0.421. The number of ether oxygens (including phenoxy) is 4. The first-order valence-corrected chi connectivity index (χ1v) is 27.4. The van der Waals surface area contributed by atoms with E-state index < -0.39 is 71.4 Å². The Morgan fingerprint density at radius 1 is 0.417 bits per heavy atom. The van der Waals surface area contributed by atoms with Crippen LogP contribution in [0.3, 0.4) is 0 Å². The van der Waals surface area contributed by atoms with Gasteiger partial charge in [0.1, 0.15) is 41.1 Å². The number of nitrogens with one attached hydrogen (secondary N) is 7. The van der Waals surface area contributed by atoms with E-state index in [0.29, 0.717) is 84.0 Å². The molecule has 8 amide bonds. The third kappa shape index (κ3) is 21.0. The Morgan fingerprint density at radius 2 is 0.714 bits per heavy atom. The molecule has 0 fully saturated rings. The number of rotatable bonds is 36. The largest absolute Gasteiger partial charge is 0.496 e. The summed E-state index contributed by atoms with van der Waals surface area (Å²) in [5.41, 5.74) is 40.4. The van der Waals surface area contributed by atoms with Gasteiger partial charge in [0.2, 0.25) is 23.6 Å². The molecule has 0 aliphatic rings. The quantitative estimate of drug-likeness (QED) is 0.0176. The predicted octanol–water partition coefficient (Wildman–Crippen LogP) is 2.13. The first kappa shape index (κ1) is 67.5. The Morgan fingerprint density at radius 3 is 1.01 bits per heavy atom. The number of unbranched alkanes of at least 4 members (excludes halogenated alkanes) is 4. The number of benzene rings is 4. The van der Waals surface area contributed by atoms with Crippen LogP contribution < -0.4 is 96.3 Å². The lowest BCUT2D eigenvalue weighted by molar-refractivity contribution is -0.118. The summed E-state index contributed by atoms with van der Waals surface area (Å²) in [6.07, 6.45) is 4.96. The normalized spacial score (nSPS) is 12.2. The number of methoxy groups -OCH3 is 4. The molecule has 27 heteroatoms. The molecule has 0 aromatic heterocycles. The van der Waals surface area contributed by atoms with Crippen LogP contribution in [-0.4, -0.2) is 132 Å². The monoisotopic (exact) mass is 1170 g/mol. The molecule has 0 saturated carbocycles. The number of anilines is 4. The third-order valence-corrected chi connectivity index (χ3v) is 13.1. The second-order valence-electron chi connectivity index (χ2n) is 19.3. The zero-order chi connectivity index (χ0) is 61.7. The number of hydrogen-bond donors (Lipinski definition) is 14. The van der Waals surface area contributed by atoms with Gasteiger partial charge in [-0.05, 0) is 169 Å². The van der Waals surface area contributed by atoms with Crippen LogP contribution in [0.5, 0.6) is 23.0 Å². The number of carbonyl (C=O) groups excluding carboxylic acids is 8. The van der Waals surface area contributed by atoms with Crippen molar-refractivity contribution < 1.29 is 57.3 Å². The van der Waals surface area contributed by atoms with Gasteiger partial charge in [-0.25, -0.2) is 0 Å². The topological polar surface area (TPSA) is 452 Å². The van der Waals surface area contributed by atoms with E-state index in [-0.39, 0.29) is 93.2 Å². The van der Waals surface area contributed by atoms with Gasteiger partial charge in [0, 0.05) is 29.3 Å². The van der Waals surface area contributed by atoms with Crippen molar-refractivity contribution in [3.63, 3.8) is 0 Å². The van der Waals surface area contributed by atoms with E-state index in [4.69, 9.17) is 59.1 Å². The smallest absolute Gasteiger partial charge is 0.255 e. The molecule has 4 aromatic rings. The maximum Gasteiger partial charge on any atom is 0.255 e. The van der Waals surface area contributed by atoms with Gasteiger partial charge >= 0.3 is 0 Å². The van der Waals surface area contributed by atoms with Crippen LogP contribution in [-0.2, 0) is 19.2 Å². The number of amides is 8. The first-order chi connectivity index (χ1) is 40.3. The fourth-order valence-electron chi connectivity index (χ4n) is 8.60. The average molecular weight is 1170 g/mol. The highest BCUT2D eigenvalue weighted by atomic mass is 16.5. The highest BCUT2D eigenvalue weighted by molar-refractivity contribution is 6.07. The average Bonchev–Trinajstić information content (AvgIpc) is 3.68. The van der Waals surface area contributed by atoms with Crippen LogP contribution in [0.15, 0.2) is 77.8 Å². The van der Waals surface area contributed by atoms with Gasteiger partial charge in [-0.1, -0.05) is 0 Å². The number of hydrogen-bond acceptors (Lipinski definition) is 17. The van der Waals surface area contributed by atoms with Crippen molar-refractivity contribution in [2.24, 2.45) is 45.1 Å². The lowest BCUT2D eigenvalue weighted by Crippen LogP contribution is -2.44. The molecule has 84 heavy (non-hydrogen) atoms. The molecule has 0 unspecified atom stereocenters. The number of nitrogens with two attached hydrogens (primary N) is 7. The number of nitrogens with zero attached hydrogens (tertiary/aromatic N) is 1. The lowest BCUT2D eigenvalue weighted by atomic mass is 10.1. The molecule has 0 bridgehead atoms. The molecule has 0 radical (unpaired) electrons. The molecular formula is C57H81N15O12. The van der Waals surface area contributed by atoms with Gasteiger partial charge in [0.15, 0.2) is 5.96 Å². The number of guanidine groups is 1. The van der Waals surface area contributed by atoms with Gasteiger partial charge in [-0.2, -0.15) is 0 Å². The second kappa shape index (κ2) is 35.1. The van der Waals surface area contributed by atoms with Crippen LogP contribution in [0.4, 0.5) is 22.7 Å². The molecule has 4 aromatic carbocycles. The van der Waals surface area contributed by atoms with Crippen molar-refractivity contribution in [2.75, 3.05) is 75.9 Å². The van der Waals surface area contributed by atoms with Gasteiger partial charge in [-0.15, -0.1) is 0 Å². The van der Waals surface area contributed by atoms with Crippen molar-refractivity contribution in [2.45, 2.75) is 101 Å². The zero-order valence-corrected chi connectivity index (χ0v) is 47.9. The molecule has 4 atom stereocenters. The van der Waals surface area contributed by atoms with Crippen molar-refractivity contribution in [1.82, 2.24) is 16.0 Å². The molecule has 0 spiro atoms. The van der Waals surface area contributed by atoms with Gasteiger partial charge in [-0.3, -0.25) is 43.3 Å². The van der Waals surface area contributed by atoms with Crippen LogP contribution in [0, 0.1) is 0 Å². The first-order valence-electron chi connectivity index (χ1n) is 27.4. The maximum atomic E-state index is 14.3. The van der Waals surface area contributed by atoms with Crippen LogP contribution >= 0.6 is 0 Å². The van der Waals surface area contributed by atoms with Crippen LogP contribution in [0.2, 0.25) is 0 Å². The molecule has 21 N–H and O–H groups in total. The van der Waals surface area contributed by atoms with E-state index in [1.54, 1.807) is 6.07 Å². The summed E-state index contributed by atoms with van der Waals surface area (Å²) in [7, 11) is 5.42. The standard InChI is InChI=1S/C57H81N15O12/c1-81-45-21-17-33(29-37(45)49(62)73)67-54(78)42(14-5-9-25-58)70-51(75)39-31-35(19-23-47(39)83-3)69-56(80)44(16-7-11-27-60)72-52(76)40-32-36(20-24-48(40)84-4)68-55(79)43(15-6-10-26-59)71-50(74)38-30-34(18-22-46(38)82-2)66-53(77)41(61)13-8-12-28-65-57(63)64/h17-24,29-32,41-44H,5-16,25-28,58-61H2,1-4H3,(H2,62,73)(H,66,77)(H,67,78)(H,68,79)(H,69,80)(H,70,75)(H,71,74)(H,72,76)(H4,63,64,65)/t41-,42-,43-,44-/m0/s1. The lowest BCUT2D eigenvalue weighted by Gasteiger charge is -2.22. The SMILES string of the molecule is COc1ccc(NC(=O)[C@H](CCCCN)NC(=O)c2cc(NC(=O)[C@H](CCCCN)NC(=O)c3cc(NC(=O)[C@H](CCCCN)NC(=O)c4cc(NC(=O)[C@@H](N)CCCCN=C(N)N)ccc4OC)ccc3OC)ccc2OC)cc1C(N)=O. The molecule has 0 aliphatic heterocycles. The minimum atomic E-state index is -1.18. The van der Waals surface area contributed by atoms with E-state index in [0.717, 1.165) is 0 Å². The number of primary amides is 1. The molecule has 0 saturated heterocycles. The number of carbonyl (C=O) groups is 8. The third-order valence-electron chi connectivity index (χ3n) is 13.1. The van der Waals surface area contributed by atoms with Crippen molar-refractivity contribution in [3.05, 3.63) is 95.1 Å². The zero-order valence-electron chi connectivity index (χ0n) is 47.9. The van der Waals surface area contributed by atoms with Gasteiger partial charge in [0.05, 0.1) is 56.7 Å². The van der Waals surface area contributed by atoms with E-state index in [1.807, 2.05) is 0 Å². The Bertz CT molecular complexity index is 2940. The summed E-state index contributed by atoms with van der Waals surface area (Å²) >= 11 is 0. The minimum absolute atomic E-state index is 0.0131. The van der Waals surface area contributed by atoms with Gasteiger partial charge < -0.3 is 96.3 Å². The molecule has 456 valence electrons. The summed E-state index contributed by atoms with van der Waals surface area (Å²) < 4.78 is 21.7. The Kier molecular flexibility index (Phi) is 28.2. The summed E-state index contributed by atoms with van der Waals surface area (Å²) in [5, 5.41) is 19.3. The molecule has 0 aliphatic carbocycles. The van der Waals surface area contributed by atoms with Crippen LogP contribution in [0.1, 0.15) is 118 Å². The minimum Gasteiger partial charge on any atom is -0.496 e. The predicted molar refractivity (Wildman–Crippen MR) is 320 cm³/mol. The summed E-state index contributed by atoms with van der Waals surface area (Å²) in [6, 6.07) is 13.1. The second-order valence-corrected chi connectivity index (χ2v) is 19.3. The molecular weight excluding hydrogens is 1090 g/mol. The fourth-order valence-corrected chi connectivity index (χ4v) is 8.60. The van der Waals surface area contributed by atoms with E-state index in [9.17, 15) is 38.4 Å². The Hall–Kier alpha value is -9.05. The van der Waals surface area contributed by atoms with E-state index >= 15 is 0 Å². The van der Waals surface area contributed by atoms with E-state index in [1.165, 1.54) is 95.2 Å². The highest BCUT2D eigenvalue weighted by Gasteiger charge is 2.29.